The molecule has 1 atom stereocenters. The lowest BCUT2D eigenvalue weighted by Crippen LogP contribution is -2.13. The van der Waals surface area contributed by atoms with Gasteiger partial charge in [-0.1, -0.05) is 12.1 Å². The predicted octanol–water partition coefficient (Wildman–Crippen LogP) is 2.37. The Labute approximate surface area is 114 Å². The molecule has 102 valence electrons. The third kappa shape index (κ3) is 3.15. The molecule has 2 rings (SSSR count). The van der Waals surface area contributed by atoms with Gasteiger partial charge in [0.1, 0.15) is 11.6 Å². The van der Waals surface area contributed by atoms with Crippen molar-refractivity contribution in [1.29, 1.82) is 0 Å². The number of hydrogen-bond donors (Lipinski definition) is 1. The van der Waals surface area contributed by atoms with Gasteiger partial charge in [0, 0.05) is 37.5 Å². The average Bonchev–Trinajstić information content (AvgIpc) is 2.81. The molecule has 2 aromatic rings. The van der Waals surface area contributed by atoms with Gasteiger partial charge in [0.05, 0.1) is 7.11 Å². The van der Waals surface area contributed by atoms with Gasteiger partial charge in [0.15, 0.2) is 0 Å². The summed E-state index contributed by atoms with van der Waals surface area (Å²) < 4.78 is 7.43. The third-order valence-corrected chi connectivity index (χ3v) is 3.39. The summed E-state index contributed by atoms with van der Waals surface area (Å²) >= 11 is 0. The molecule has 1 aromatic heterocycles. The molecule has 4 nitrogen and oxygen atoms in total. The van der Waals surface area contributed by atoms with E-state index < -0.39 is 0 Å². The number of rotatable bonds is 5. The zero-order valence-corrected chi connectivity index (χ0v) is 11.8. The molecule has 0 spiro atoms. The fourth-order valence-corrected chi connectivity index (χ4v) is 2.20. The second-order valence-corrected chi connectivity index (χ2v) is 4.84. The lowest BCUT2D eigenvalue weighted by molar-refractivity contribution is 0.403. The highest BCUT2D eigenvalue weighted by Crippen LogP contribution is 2.27. The first-order chi connectivity index (χ1) is 9.11. The summed E-state index contributed by atoms with van der Waals surface area (Å²) in [6.45, 7) is 2.05. The van der Waals surface area contributed by atoms with E-state index in [1.807, 2.05) is 37.0 Å². The number of nitrogens with zero attached hydrogens (tertiary/aromatic N) is 2. The molecular formula is C15H21N3O. The highest BCUT2D eigenvalue weighted by molar-refractivity contribution is 5.39. The standard InChI is InChI=1S/C15H21N3O/c1-11-4-5-12(14(10-11)19-3)13(16)6-7-15-17-8-9-18(15)2/h4-5,8-10,13H,6-7,16H2,1-3H3. The number of hydrogen-bond acceptors (Lipinski definition) is 3. The molecule has 0 amide bonds. The summed E-state index contributed by atoms with van der Waals surface area (Å²) in [5, 5.41) is 0. The molecule has 1 unspecified atom stereocenters. The van der Waals surface area contributed by atoms with Crippen LogP contribution in [0.4, 0.5) is 0 Å². The number of imidazole rings is 1. The van der Waals surface area contributed by atoms with Gasteiger partial charge in [-0.3, -0.25) is 0 Å². The van der Waals surface area contributed by atoms with E-state index in [1.54, 1.807) is 7.11 Å². The van der Waals surface area contributed by atoms with Crippen LogP contribution in [0, 0.1) is 6.92 Å². The topological polar surface area (TPSA) is 53.1 Å². The maximum Gasteiger partial charge on any atom is 0.123 e. The Hall–Kier alpha value is -1.81. The lowest BCUT2D eigenvalue weighted by Gasteiger charge is -2.16. The SMILES string of the molecule is COc1cc(C)ccc1C(N)CCc1nccn1C. The summed E-state index contributed by atoms with van der Waals surface area (Å²) in [5.41, 5.74) is 8.51. The second kappa shape index (κ2) is 5.89. The van der Waals surface area contributed by atoms with Crippen molar-refractivity contribution in [2.45, 2.75) is 25.8 Å². The van der Waals surface area contributed by atoms with Gasteiger partial charge in [-0.15, -0.1) is 0 Å². The Morgan fingerprint density at radius 3 is 2.84 bits per heavy atom. The number of ether oxygens (including phenoxy) is 1. The van der Waals surface area contributed by atoms with Crippen molar-refractivity contribution in [1.82, 2.24) is 9.55 Å². The first-order valence-electron chi connectivity index (χ1n) is 6.48. The van der Waals surface area contributed by atoms with Crippen LogP contribution in [-0.2, 0) is 13.5 Å². The number of aromatic nitrogens is 2. The fourth-order valence-electron chi connectivity index (χ4n) is 2.20. The maximum absolute atomic E-state index is 6.27. The number of methoxy groups -OCH3 is 1. The van der Waals surface area contributed by atoms with Gasteiger partial charge in [-0.05, 0) is 25.0 Å². The minimum absolute atomic E-state index is 0.0350. The molecule has 0 aliphatic heterocycles. The molecule has 1 heterocycles. The molecule has 0 aliphatic carbocycles. The van der Waals surface area contributed by atoms with Crippen LogP contribution in [0.3, 0.4) is 0 Å². The number of nitrogens with two attached hydrogens (primary N) is 1. The summed E-state index contributed by atoms with van der Waals surface area (Å²) in [5.74, 6) is 1.92. The van der Waals surface area contributed by atoms with Crippen molar-refractivity contribution >= 4 is 0 Å². The zero-order chi connectivity index (χ0) is 13.8. The Morgan fingerprint density at radius 1 is 1.42 bits per heavy atom. The van der Waals surface area contributed by atoms with Crippen LogP contribution in [0.2, 0.25) is 0 Å². The second-order valence-electron chi connectivity index (χ2n) is 4.84. The van der Waals surface area contributed by atoms with Gasteiger partial charge in [-0.2, -0.15) is 0 Å². The van der Waals surface area contributed by atoms with Crippen LogP contribution in [-0.4, -0.2) is 16.7 Å². The molecule has 4 heteroatoms. The molecular weight excluding hydrogens is 238 g/mol. The van der Waals surface area contributed by atoms with Crippen LogP contribution in [0.25, 0.3) is 0 Å². The van der Waals surface area contributed by atoms with Crippen molar-refractivity contribution in [2.75, 3.05) is 7.11 Å². The minimum atomic E-state index is -0.0350. The first-order valence-corrected chi connectivity index (χ1v) is 6.48. The summed E-state index contributed by atoms with van der Waals surface area (Å²) in [4.78, 5) is 4.31. The van der Waals surface area contributed by atoms with Gasteiger partial charge in [0.2, 0.25) is 0 Å². The van der Waals surface area contributed by atoms with E-state index >= 15 is 0 Å². The zero-order valence-electron chi connectivity index (χ0n) is 11.8. The molecule has 0 fully saturated rings. The van der Waals surface area contributed by atoms with E-state index in [9.17, 15) is 0 Å². The monoisotopic (exact) mass is 259 g/mol. The Kier molecular flexibility index (Phi) is 4.22. The van der Waals surface area contributed by atoms with E-state index in [0.717, 1.165) is 30.0 Å². The molecule has 2 N–H and O–H groups in total. The minimum Gasteiger partial charge on any atom is -0.496 e. The van der Waals surface area contributed by atoms with Crippen molar-refractivity contribution in [3.05, 3.63) is 47.5 Å². The number of benzene rings is 1. The van der Waals surface area contributed by atoms with Crippen LogP contribution in [0.5, 0.6) is 5.75 Å². The molecule has 0 bridgehead atoms. The van der Waals surface area contributed by atoms with Crippen molar-refractivity contribution in [2.24, 2.45) is 12.8 Å². The number of aryl methyl sites for hydroxylation is 3. The fraction of sp³-hybridized carbons (Fsp3) is 0.400. The summed E-state index contributed by atoms with van der Waals surface area (Å²) in [6, 6.07) is 6.11. The van der Waals surface area contributed by atoms with E-state index in [4.69, 9.17) is 10.5 Å². The molecule has 1 aromatic carbocycles. The van der Waals surface area contributed by atoms with E-state index in [0.29, 0.717) is 0 Å². The van der Waals surface area contributed by atoms with Crippen LogP contribution in [0.15, 0.2) is 30.6 Å². The van der Waals surface area contributed by atoms with Gasteiger partial charge >= 0.3 is 0 Å². The first kappa shape index (κ1) is 13.6. The van der Waals surface area contributed by atoms with Crippen LogP contribution >= 0.6 is 0 Å². The third-order valence-electron chi connectivity index (χ3n) is 3.39. The molecule has 0 saturated carbocycles. The highest BCUT2D eigenvalue weighted by atomic mass is 16.5. The normalized spacial score (nSPS) is 12.4. The molecule has 0 aliphatic rings. The smallest absolute Gasteiger partial charge is 0.123 e. The Balaban J connectivity index is 2.07. The van der Waals surface area contributed by atoms with Crippen LogP contribution < -0.4 is 10.5 Å². The van der Waals surface area contributed by atoms with E-state index in [2.05, 4.69) is 17.1 Å². The summed E-state index contributed by atoms with van der Waals surface area (Å²) in [7, 11) is 3.68. The molecule has 19 heavy (non-hydrogen) atoms. The van der Waals surface area contributed by atoms with Crippen LogP contribution in [0.1, 0.15) is 29.4 Å². The molecule has 0 saturated heterocycles. The predicted molar refractivity (Wildman–Crippen MR) is 76.2 cm³/mol. The quantitative estimate of drug-likeness (QED) is 0.897. The van der Waals surface area contributed by atoms with Gasteiger partial charge in [0.25, 0.3) is 0 Å². The van der Waals surface area contributed by atoms with Gasteiger partial charge in [-0.25, -0.2) is 4.98 Å². The van der Waals surface area contributed by atoms with Crippen molar-refractivity contribution in [3.8, 4) is 5.75 Å². The van der Waals surface area contributed by atoms with Crippen molar-refractivity contribution in [3.63, 3.8) is 0 Å². The average molecular weight is 259 g/mol. The Morgan fingerprint density at radius 2 is 2.21 bits per heavy atom. The molecule has 0 radical (unpaired) electrons. The lowest BCUT2D eigenvalue weighted by atomic mass is 10.00. The highest BCUT2D eigenvalue weighted by Gasteiger charge is 2.13. The van der Waals surface area contributed by atoms with Gasteiger partial charge < -0.3 is 15.0 Å². The van der Waals surface area contributed by atoms with E-state index in [1.165, 1.54) is 5.56 Å². The maximum atomic E-state index is 6.27. The summed E-state index contributed by atoms with van der Waals surface area (Å²) in [6.07, 6.45) is 5.48. The van der Waals surface area contributed by atoms with E-state index in [-0.39, 0.29) is 6.04 Å². The largest absolute Gasteiger partial charge is 0.496 e. The Bertz CT molecular complexity index is 548. The van der Waals surface area contributed by atoms with Crippen molar-refractivity contribution < 1.29 is 4.74 Å².